The van der Waals surface area contributed by atoms with Crippen molar-refractivity contribution in [3.63, 3.8) is 0 Å². The Labute approximate surface area is 177 Å². The van der Waals surface area contributed by atoms with Gasteiger partial charge in [0.15, 0.2) is 0 Å². The van der Waals surface area contributed by atoms with Crippen LogP contribution >= 0.6 is 23.2 Å². The van der Waals surface area contributed by atoms with Gasteiger partial charge in [0.05, 0.1) is 23.3 Å². The fraction of sp³-hybridized carbons (Fsp3) is 0.417. The Morgan fingerprint density at radius 1 is 0.643 bits per heavy atom. The van der Waals surface area contributed by atoms with Crippen molar-refractivity contribution in [2.75, 3.05) is 13.2 Å². The van der Waals surface area contributed by atoms with Gasteiger partial charge in [-0.1, -0.05) is 87.0 Å². The number of rotatable bonds is 10. The lowest BCUT2D eigenvalue weighted by Gasteiger charge is -2.19. The molecule has 0 N–H and O–H groups in total. The summed E-state index contributed by atoms with van der Waals surface area (Å²) >= 11 is 13.3. The minimum absolute atomic E-state index is 0.644. The van der Waals surface area contributed by atoms with E-state index in [1.807, 2.05) is 24.3 Å². The highest BCUT2D eigenvalue weighted by Gasteiger charge is 2.20. The van der Waals surface area contributed by atoms with Gasteiger partial charge >= 0.3 is 0 Å². The highest BCUT2D eigenvalue weighted by atomic mass is 35.5. The normalized spacial score (nSPS) is 11.3. The molecule has 0 aliphatic rings. The molecule has 0 spiro atoms. The Hall–Kier alpha value is -1.64. The van der Waals surface area contributed by atoms with Crippen molar-refractivity contribution in [3.05, 3.63) is 46.4 Å². The number of hydrogen-bond donors (Lipinski definition) is 0. The van der Waals surface area contributed by atoms with Gasteiger partial charge in [-0.2, -0.15) is 0 Å². The summed E-state index contributed by atoms with van der Waals surface area (Å²) in [5, 5.41) is 5.03. The molecule has 0 fully saturated rings. The van der Waals surface area contributed by atoms with Crippen molar-refractivity contribution >= 4 is 44.7 Å². The molecule has 28 heavy (non-hydrogen) atoms. The Morgan fingerprint density at radius 3 is 1.57 bits per heavy atom. The number of hydrogen-bond acceptors (Lipinski definition) is 2. The van der Waals surface area contributed by atoms with Crippen LogP contribution in [0.4, 0.5) is 0 Å². The van der Waals surface area contributed by atoms with Gasteiger partial charge < -0.3 is 9.47 Å². The third-order valence-corrected chi connectivity index (χ3v) is 5.59. The van der Waals surface area contributed by atoms with Crippen LogP contribution in [0.2, 0.25) is 10.0 Å². The summed E-state index contributed by atoms with van der Waals surface area (Å²) in [6.45, 7) is 5.69. The molecule has 0 aliphatic heterocycles. The number of benzene rings is 3. The first-order valence-electron chi connectivity index (χ1n) is 10.3. The van der Waals surface area contributed by atoms with Crippen molar-refractivity contribution in [1.29, 1.82) is 0 Å². The second kappa shape index (κ2) is 10.2. The largest absolute Gasteiger partial charge is 0.492 e. The number of unbranched alkanes of at least 4 members (excludes halogenated alkanes) is 4. The molecular formula is C24H28Cl2O2. The monoisotopic (exact) mass is 418 g/mol. The van der Waals surface area contributed by atoms with Crippen LogP contribution in [-0.2, 0) is 0 Å². The van der Waals surface area contributed by atoms with Gasteiger partial charge in [-0.25, -0.2) is 0 Å². The number of fused-ring (bicyclic) bond motifs is 2. The van der Waals surface area contributed by atoms with Crippen LogP contribution in [0.1, 0.15) is 52.4 Å². The van der Waals surface area contributed by atoms with E-state index in [1.165, 1.54) is 0 Å². The molecule has 0 atom stereocenters. The molecule has 150 valence electrons. The second-order valence-electron chi connectivity index (χ2n) is 7.09. The molecule has 4 heteroatoms. The van der Waals surface area contributed by atoms with Crippen molar-refractivity contribution in [3.8, 4) is 11.5 Å². The molecule has 0 saturated carbocycles. The molecule has 0 bridgehead atoms. The van der Waals surface area contributed by atoms with E-state index in [2.05, 4.69) is 26.0 Å². The zero-order chi connectivity index (χ0) is 19.9. The van der Waals surface area contributed by atoms with Crippen LogP contribution in [-0.4, -0.2) is 13.2 Å². The van der Waals surface area contributed by atoms with E-state index in [0.717, 1.165) is 71.6 Å². The first kappa shape index (κ1) is 21.1. The molecule has 0 saturated heterocycles. The zero-order valence-corrected chi connectivity index (χ0v) is 18.2. The third-order valence-electron chi connectivity index (χ3n) is 4.96. The fourth-order valence-corrected chi connectivity index (χ4v) is 4.03. The molecule has 0 unspecified atom stereocenters. The maximum Gasteiger partial charge on any atom is 0.138 e. The number of ether oxygens (including phenoxy) is 2. The van der Waals surface area contributed by atoms with Crippen LogP contribution in [0.5, 0.6) is 11.5 Å². The first-order chi connectivity index (χ1) is 13.7. The highest BCUT2D eigenvalue weighted by molar-refractivity contribution is 6.40. The summed E-state index contributed by atoms with van der Waals surface area (Å²) in [5.74, 6) is 1.60. The standard InChI is InChI=1S/C24H28Cl2O2/c1-3-5-7-15-27-23-17-11-9-13-19(25)21(17)24(28-16-8-6-4-2)22-18(23)12-10-14-20(22)26/h9-14H,3-8,15-16H2,1-2H3. The van der Waals surface area contributed by atoms with Crippen LogP contribution in [0.25, 0.3) is 21.5 Å². The molecule has 0 radical (unpaired) electrons. The first-order valence-corrected chi connectivity index (χ1v) is 11.0. The molecule has 0 amide bonds. The lowest BCUT2D eigenvalue weighted by atomic mass is 10.00. The molecule has 0 aromatic heterocycles. The molecule has 2 nitrogen and oxygen atoms in total. The minimum Gasteiger partial charge on any atom is -0.492 e. The van der Waals surface area contributed by atoms with Gasteiger partial charge in [0.25, 0.3) is 0 Å². The van der Waals surface area contributed by atoms with E-state index in [4.69, 9.17) is 32.7 Å². The summed E-state index contributed by atoms with van der Waals surface area (Å²) in [5.41, 5.74) is 0. The van der Waals surface area contributed by atoms with E-state index in [1.54, 1.807) is 0 Å². The van der Waals surface area contributed by atoms with Gasteiger partial charge in [0.2, 0.25) is 0 Å². The summed E-state index contributed by atoms with van der Waals surface area (Å²) in [6, 6.07) is 11.8. The Balaban J connectivity index is 2.17. The van der Waals surface area contributed by atoms with Crippen molar-refractivity contribution in [2.45, 2.75) is 52.4 Å². The van der Waals surface area contributed by atoms with Crippen molar-refractivity contribution in [1.82, 2.24) is 0 Å². The van der Waals surface area contributed by atoms with Gasteiger partial charge in [-0.3, -0.25) is 0 Å². The van der Waals surface area contributed by atoms with Crippen LogP contribution in [0.3, 0.4) is 0 Å². The van der Waals surface area contributed by atoms with E-state index < -0.39 is 0 Å². The lowest BCUT2D eigenvalue weighted by Crippen LogP contribution is -2.02. The molecular weight excluding hydrogens is 391 g/mol. The second-order valence-corrected chi connectivity index (χ2v) is 7.91. The van der Waals surface area contributed by atoms with Gasteiger partial charge in [-0.05, 0) is 25.0 Å². The van der Waals surface area contributed by atoms with Gasteiger partial charge in [-0.15, -0.1) is 0 Å². The maximum atomic E-state index is 6.63. The average Bonchev–Trinajstić information content (AvgIpc) is 2.69. The maximum absolute atomic E-state index is 6.63. The van der Waals surface area contributed by atoms with Gasteiger partial charge in [0, 0.05) is 21.5 Å². The smallest absolute Gasteiger partial charge is 0.138 e. The topological polar surface area (TPSA) is 18.5 Å². The Morgan fingerprint density at radius 2 is 1.11 bits per heavy atom. The van der Waals surface area contributed by atoms with Crippen LogP contribution in [0, 0.1) is 0 Å². The molecule has 3 aromatic rings. The highest BCUT2D eigenvalue weighted by Crippen LogP contribution is 2.47. The summed E-state index contributed by atoms with van der Waals surface area (Å²) in [6.07, 6.45) is 6.62. The molecule has 0 aliphatic carbocycles. The Kier molecular flexibility index (Phi) is 7.70. The molecule has 0 heterocycles. The molecule has 3 aromatic carbocycles. The van der Waals surface area contributed by atoms with E-state index in [0.29, 0.717) is 23.3 Å². The minimum atomic E-state index is 0.644. The lowest BCUT2D eigenvalue weighted by molar-refractivity contribution is 0.308. The van der Waals surface area contributed by atoms with E-state index in [-0.39, 0.29) is 0 Å². The fourth-order valence-electron chi connectivity index (χ4n) is 3.51. The van der Waals surface area contributed by atoms with E-state index >= 15 is 0 Å². The summed E-state index contributed by atoms with van der Waals surface area (Å²) < 4.78 is 12.5. The summed E-state index contributed by atoms with van der Waals surface area (Å²) in [7, 11) is 0. The third kappa shape index (κ3) is 4.50. The van der Waals surface area contributed by atoms with Crippen molar-refractivity contribution in [2.24, 2.45) is 0 Å². The summed E-state index contributed by atoms with van der Waals surface area (Å²) in [4.78, 5) is 0. The molecule has 3 rings (SSSR count). The van der Waals surface area contributed by atoms with Crippen LogP contribution in [0.15, 0.2) is 36.4 Å². The average molecular weight is 419 g/mol. The van der Waals surface area contributed by atoms with E-state index in [9.17, 15) is 0 Å². The van der Waals surface area contributed by atoms with Crippen molar-refractivity contribution < 1.29 is 9.47 Å². The Bertz CT molecular complexity index is 874. The predicted octanol–water partition coefficient (Wildman–Crippen LogP) is 8.44. The number of halogens is 2. The quantitative estimate of drug-likeness (QED) is 0.242. The van der Waals surface area contributed by atoms with Gasteiger partial charge in [0.1, 0.15) is 11.5 Å². The van der Waals surface area contributed by atoms with Crippen LogP contribution < -0.4 is 9.47 Å². The predicted molar refractivity (Wildman–Crippen MR) is 122 cm³/mol. The zero-order valence-electron chi connectivity index (χ0n) is 16.7. The SMILES string of the molecule is CCCCCOc1c2cccc(Cl)c2c(OCCCCC)c2c(Cl)cccc12.